The third-order valence-corrected chi connectivity index (χ3v) is 4.02. The van der Waals surface area contributed by atoms with Crippen LogP contribution in [0.15, 0.2) is 42.6 Å². The van der Waals surface area contributed by atoms with Crippen molar-refractivity contribution in [3.8, 4) is 11.6 Å². The maximum Gasteiger partial charge on any atom is 0.224 e. The minimum absolute atomic E-state index is 0. The first-order valence-electron chi connectivity index (χ1n) is 8.08. The van der Waals surface area contributed by atoms with Gasteiger partial charge in [-0.1, -0.05) is 12.1 Å². The molecule has 0 bridgehead atoms. The smallest absolute Gasteiger partial charge is 0.224 e. The fraction of sp³-hybridized carbons (Fsp3) is 0.333. The second-order valence-electron chi connectivity index (χ2n) is 5.77. The molecule has 1 aromatic heterocycles. The monoisotopic (exact) mass is 365 g/mol. The molecular formula is C18H21ClFN3O2. The van der Waals surface area contributed by atoms with Gasteiger partial charge in [0.1, 0.15) is 11.6 Å². The second-order valence-corrected chi connectivity index (χ2v) is 5.77. The first kappa shape index (κ1) is 19.1. The van der Waals surface area contributed by atoms with Crippen LogP contribution in [0.25, 0.3) is 0 Å². The van der Waals surface area contributed by atoms with Crippen LogP contribution in [0.2, 0.25) is 0 Å². The molecular weight excluding hydrogens is 345 g/mol. The van der Waals surface area contributed by atoms with Gasteiger partial charge in [-0.3, -0.25) is 4.79 Å². The van der Waals surface area contributed by atoms with Gasteiger partial charge in [-0.05, 0) is 44.1 Å². The average molecular weight is 366 g/mol. The van der Waals surface area contributed by atoms with Crippen LogP contribution >= 0.6 is 12.4 Å². The number of carbonyl (C=O) groups excluding carboxylic acids is 1. The van der Waals surface area contributed by atoms with Crippen LogP contribution in [0.4, 0.5) is 4.39 Å². The number of piperidine rings is 1. The number of carbonyl (C=O) groups is 1. The molecule has 1 aliphatic rings. The van der Waals surface area contributed by atoms with Gasteiger partial charge in [0.05, 0.1) is 0 Å². The van der Waals surface area contributed by atoms with Gasteiger partial charge < -0.3 is 15.4 Å². The number of halogens is 2. The van der Waals surface area contributed by atoms with Crippen molar-refractivity contribution in [2.24, 2.45) is 5.92 Å². The second kappa shape index (κ2) is 9.34. The van der Waals surface area contributed by atoms with E-state index in [0.717, 1.165) is 31.5 Å². The lowest BCUT2D eigenvalue weighted by molar-refractivity contribution is -0.125. The van der Waals surface area contributed by atoms with Gasteiger partial charge in [-0.2, -0.15) is 0 Å². The molecule has 2 N–H and O–H groups in total. The number of hydrogen-bond acceptors (Lipinski definition) is 4. The molecule has 2 heterocycles. The summed E-state index contributed by atoms with van der Waals surface area (Å²) >= 11 is 0. The Morgan fingerprint density at radius 3 is 2.84 bits per heavy atom. The van der Waals surface area contributed by atoms with Gasteiger partial charge in [-0.15, -0.1) is 12.4 Å². The number of benzene rings is 1. The highest BCUT2D eigenvalue weighted by Gasteiger charge is 2.20. The Balaban J connectivity index is 0.00000225. The molecule has 0 aliphatic carbocycles. The number of rotatable bonds is 5. The Kier molecular flexibility index (Phi) is 7.16. The van der Waals surface area contributed by atoms with Gasteiger partial charge >= 0.3 is 0 Å². The lowest BCUT2D eigenvalue weighted by atomic mass is 9.97. The van der Waals surface area contributed by atoms with E-state index in [1.54, 1.807) is 24.4 Å². The van der Waals surface area contributed by atoms with E-state index >= 15 is 0 Å². The quantitative estimate of drug-likeness (QED) is 0.854. The van der Waals surface area contributed by atoms with Crippen molar-refractivity contribution in [2.75, 3.05) is 13.1 Å². The van der Waals surface area contributed by atoms with Crippen LogP contribution in [0.1, 0.15) is 18.4 Å². The average Bonchev–Trinajstić information content (AvgIpc) is 2.61. The summed E-state index contributed by atoms with van der Waals surface area (Å²) in [5, 5.41) is 6.19. The number of nitrogens with one attached hydrogen (secondary N) is 2. The first-order chi connectivity index (χ1) is 11.7. The Morgan fingerprint density at radius 1 is 1.28 bits per heavy atom. The Bertz CT molecular complexity index is 708. The minimum atomic E-state index is -0.371. The highest BCUT2D eigenvalue weighted by molar-refractivity contribution is 5.85. The normalized spacial score (nSPS) is 14.4. The molecule has 134 valence electrons. The zero-order chi connectivity index (χ0) is 16.8. The van der Waals surface area contributed by atoms with E-state index in [1.165, 1.54) is 12.1 Å². The molecule has 1 saturated heterocycles. The largest absolute Gasteiger partial charge is 0.439 e. The van der Waals surface area contributed by atoms with Crippen LogP contribution in [0.3, 0.4) is 0 Å². The lowest BCUT2D eigenvalue weighted by Gasteiger charge is -2.22. The summed E-state index contributed by atoms with van der Waals surface area (Å²) in [5.74, 6) is 0.477. The van der Waals surface area contributed by atoms with Gasteiger partial charge in [0.25, 0.3) is 0 Å². The summed E-state index contributed by atoms with van der Waals surface area (Å²) < 4.78 is 18.9. The molecule has 5 nitrogen and oxygen atoms in total. The zero-order valence-electron chi connectivity index (χ0n) is 13.7. The van der Waals surface area contributed by atoms with Crippen molar-refractivity contribution in [1.82, 2.24) is 15.6 Å². The fourth-order valence-electron chi connectivity index (χ4n) is 2.70. The number of amides is 1. The van der Waals surface area contributed by atoms with E-state index in [-0.39, 0.29) is 30.0 Å². The Hall–Kier alpha value is -2.18. The van der Waals surface area contributed by atoms with Crippen molar-refractivity contribution >= 4 is 18.3 Å². The predicted octanol–water partition coefficient (Wildman–Crippen LogP) is 3.05. The van der Waals surface area contributed by atoms with E-state index in [9.17, 15) is 9.18 Å². The summed E-state index contributed by atoms with van der Waals surface area (Å²) in [5.41, 5.74) is 0.754. The Morgan fingerprint density at radius 2 is 2.08 bits per heavy atom. The molecule has 1 amide bonds. The predicted molar refractivity (Wildman–Crippen MR) is 95.4 cm³/mol. The molecule has 0 saturated carbocycles. The molecule has 3 rings (SSSR count). The third-order valence-electron chi connectivity index (χ3n) is 4.02. The van der Waals surface area contributed by atoms with Crippen LogP contribution in [-0.2, 0) is 11.3 Å². The van der Waals surface area contributed by atoms with Crippen molar-refractivity contribution in [3.63, 3.8) is 0 Å². The van der Waals surface area contributed by atoms with Crippen molar-refractivity contribution in [3.05, 3.63) is 54.0 Å². The number of aromatic nitrogens is 1. The lowest BCUT2D eigenvalue weighted by Crippen LogP contribution is -2.37. The molecule has 0 atom stereocenters. The standard InChI is InChI=1S/C18H20FN3O2.ClH/c19-15-4-1-5-16(11-15)24-18-14(3-2-8-21-18)12-22-17(23)13-6-9-20-10-7-13;/h1-5,8,11,13,20H,6-7,9-10,12H2,(H,22,23);1H. The van der Waals surface area contributed by atoms with Gasteiger partial charge in [-0.25, -0.2) is 9.37 Å². The molecule has 1 aromatic carbocycles. The molecule has 1 aliphatic heterocycles. The molecule has 0 unspecified atom stereocenters. The summed E-state index contributed by atoms with van der Waals surface area (Å²) in [6, 6.07) is 9.51. The van der Waals surface area contributed by atoms with Gasteiger partial charge in [0.2, 0.25) is 11.8 Å². The number of ether oxygens (including phenoxy) is 1. The van der Waals surface area contributed by atoms with E-state index in [0.29, 0.717) is 18.2 Å². The molecule has 25 heavy (non-hydrogen) atoms. The molecule has 7 heteroatoms. The van der Waals surface area contributed by atoms with Crippen LogP contribution in [-0.4, -0.2) is 24.0 Å². The van der Waals surface area contributed by atoms with Crippen molar-refractivity contribution < 1.29 is 13.9 Å². The molecule has 0 radical (unpaired) electrons. The number of pyridine rings is 1. The molecule has 2 aromatic rings. The van der Waals surface area contributed by atoms with Crippen LogP contribution < -0.4 is 15.4 Å². The van der Waals surface area contributed by atoms with Crippen LogP contribution in [0, 0.1) is 11.7 Å². The maximum atomic E-state index is 13.3. The first-order valence-corrected chi connectivity index (χ1v) is 8.08. The summed E-state index contributed by atoms with van der Waals surface area (Å²) in [6.45, 7) is 2.08. The summed E-state index contributed by atoms with van der Waals surface area (Å²) in [7, 11) is 0. The van der Waals surface area contributed by atoms with E-state index < -0.39 is 0 Å². The summed E-state index contributed by atoms with van der Waals surface area (Å²) in [4.78, 5) is 16.4. The summed E-state index contributed by atoms with van der Waals surface area (Å²) in [6.07, 6.45) is 3.31. The number of hydrogen-bond donors (Lipinski definition) is 2. The zero-order valence-corrected chi connectivity index (χ0v) is 14.5. The number of nitrogens with zero attached hydrogens (tertiary/aromatic N) is 1. The van der Waals surface area contributed by atoms with E-state index in [1.807, 2.05) is 6.07 Å². The highest BCUT2D eigenvalue weighted by atomic mass is 35.5. The molecule has 0 spiro atoms. The molecule has 1 fully saturated rings. The van der Waals surface area contributed by atoms with Crippen molar-refractivity contribution in [1.29, 1.82) is 0 Å². The van der Waals surface area contributed by atoms with Crippen LogP contribution in [0.5, 0.6) is 11.6 Å². The van der Waals surface area contributed by atoms with E-state index in [4.69, 9.17) is 4.74 Å². The highest BCUT2D eigenvalue weighted by Crippen LogP contribution is 2.23. The Labute approximate surface area is 152 Å². The van der Waals surface area contributed by atoms with Crippen molar-refractivity contribution in [2.45, 2.75) is 19.4 Å². The van der Waals surface area contributed by atoms with Gasteiger partial charge in [0.15, 0.2) is 0 Å². The fourth-order valence-corrected chi connectivity index (χ4v) is 2.70. The van der Waals surface area contributed by atoms with E-state index in [2.05, 4.69) is 15.6 Å². The van der Waals surface area contributed by atoms with Gasteiger partial charge in [0, 0.05) is 30.3 Å². The third kappa shape index (κ3) is 5.41. The minimum Gasteiger partial charge on any atom is -0.439 e. The maximum absolute atomic E-state index is 13.3. The topological polar surface area (TPSA) is 63.2 Å². The SMILES string of the molecule is Cl.O=C(NCc1cccnc1Oc1cccc(F)c1)C1CCNCC1.